The number of hydrogen-bond donors (Lipinski definition) is 1. The lowest BCUT2D eigenvalue weighted by molar-refractivity contribution is 0.295. The third-order valence-corrected chi connectivity index (χ3v) is 3.91. The van der Waals surface area contributed by atoms with Gasteiger partial charge in [0, 0.05) is 6.04 Å². The van der Waals surface area contributed by atoms with Crippen LogP contribution in [0.3, 0.4) is 0 Å². The fourth-order valence-electron chi connectivity index (χ4n) is 2.27. The SMILES string of the molecule is CCCCCCOc1nsnc1C1=CCCNC1C. The summed E-state index contributed by atoms with van der Waals surface area (Å²) in [5.74, 6) is 0.711. The summed E-state index contributed by atoms with van der Waals surface area (Å²) in [6, 6.07) is 0.333. The minimum absolute atomic E-state index is 0.333. The molecule has 0 amide bonds. The highest BCUT2D eigenvalue weighted by Crippen LogP contribution is 2.28. The highest BCUT2D eigenvalue weighted by molar-refractivity contribution is 6.99. The van der Waals surface area contributed by atoms with Gasteiger partial charge in [-0.15, -0.1) is 4.37 Å². The molecule has 0 aromatic carbocycles. The van der Waals surface area contributed by atoms with Gasteiger partial charge in [0.1, 0.15) is 5.69 Å². The van der Waals surface area contributed by atoms with Crippen LogP contribution < -0.4 is 10.1 Å². The average molecular weight is 281 g/mol. The van der Waals surface area contributed by atoms with Crippen LogP contribution in [0.1, 0.15) is 51.6 Å². The van der Waals surface area contributed by atoms with E-state index in [1.54, 1.807) is 0 Å². The highest BCUT2D eigenvalue weighted by Gasteiger charge is 2.21. The molecule has 2 rings (SSSR count). The molecular weight excluding hydrogens is 258 g/mol. The van der Waals surface area contributed by atoms with Gasteiger partial charge in [0.25, 0.3) is 5.88 Å². The van der Waals surface area contributed by atoms with Crippen molar-refractivity contribution in [3.63, 3.8) is 0 Å². The summed E-state index contributed by atoms with van der Waals surface area (Å²) in [4.78, 5) is 0. The minimum atomic E-state index is 0.333. The topological polar surface area (TPSA) is 47.0 Å². The maximum Gasteiger partial charge on any atom is 0.253 e. The molecule has 1 aromatic rings. The molecule has 106 valence electrons. The first-order valence-electron chi connectivity index (χ1n) is 7.22. The Morgan fingerprint density at radius 2 is 2.26 bits per heavy atom. The summed E-state index contributed by atoms with van der Waals surface area (Å²) in [5, 5.41) is 3.44. The second-order valence-electron chi connectivity index (χ2n) is 4.95. The predicted octanol–water partition coefficient (Wildman–Crippen LogP) is 3.26. The summed E-state index contributed by atoms with van der Waals surface area (Å²) in [7, 11) is 0. The lowest BCUT2D eigenvalue weighted by Crippen LogP contribution is -2.31. The van der Waals surface area contributed by atoms with Crippen molar-refractivity contribution in [1.82, 2.24) is 14.1 Å². The zero-order chi connectivity index (χ0) is 13.5. The van der Waals surface area contributed by atoms with Crippen LogP contribution in [-0.2, 0) is 0 Å². The normalized spacial score (nSPS) is 19.3. The molecule has 2 heterocycles. The number of nitrogens with one attached hydrogen (secondary N) is 1. The van der Waals surface area contributed by atoms with E-state index >= 15 is 0 Å². The van der Waals surface area contributed by atoms with Crippen LogP contribution >= 0.6 is 11.7 Å². The Morgan fingerprint density at radius 3 is 3.05 bits per heavy atom. The van der Waals surface area contributed by atoms with Crippen molar-refractivity contribution in [2.75, 3.05) is 13.2 Å². The third-order valence-electron chi connectivity index (χ3n) is 3.39. The minimum Gasteiger partial charge on any atom is -0.475 e. The first-order valence-corrected chi connectivity index (χ1v) is 7.95. The van der Waals surface area contributed by atoms with Crippen molar-refractivity contribution < 1.29 is 4.74 Å². The van der Waals surface area contributed by atoms with Gasteiger partial charge in [-0.1, -0.05) is 32.3 Å². The largest absolute Gasteiger partial charge is 0.475 e. The Morgan fingerprint density at radius 1 is 1.37 bits per heavy atom. The van der Waals surface area contributed by atoms with Gasteiger partial charge in [0.05, 0.1) is 18.3 Å². The first kappa shape index (κ1) is 14.5. The Bertz CT molecular complexity index is 417. The van der Waals surface area contributed by atoms with E-state index in [0.29, 0.717) is 11.9 Å². The van der Waals surface area contributed by atoms with Gasteiger partial charge in [0.2, 0.25) is 0 Å². The smallest absolute Gasteiger partial charge is 0.253 e. The third kappa shape index (κ3) is 4.01. The second kappa shape index (κ2) is 7.60. The molecule has 1 atom stereocenters. The number of unbranched alkanes of at least 4 members (excludes halogenated alkanes) is 3. The van der Waals surface area contributed by atoms with Crippen LogP contribution in [0.4, 0.5) is 0 Å². The van der Waals surface area contributed by atoms with Gasteiger partial charge in [-0.2, -0.15) is 4.37 Å². The second-order valence-corrected chi connectivity index (χ2v) is 5.48. The van der Waals surface area contributed by atoms with E-state index in [2.05, 4.69) is 34.0 Å². The molecule has 0 aliphatic carbocycles. The summed E-state index contributed by atoms with van der Waals surface area (Å²) in [5.41, 5.74) is 2.16. The van der Waals surface area contributed by atoms with E-state index in [9.17, 15) is 0 Å². The van der Waals surface area contributed by atoms with E-state index in [0.717, 1.165) is 31.7 Å². The molecular formula is C14H23N3OS. The molecule has 0 spiro atoms. The zero-order valence-electron chi connectivity index (χ0n) is 11.8. The molecule has 0 fully saturated rings. The average Bonchev–Trinajstić information content (AvgIpc) is 2.87. The summed E-state index contributed by atoms with van der Waals surface area (Å²) < 4.78 is 14.5. The molecule has 0 bridgehead atoms. The summed E-state index contributed by atoms with van der Waals surface area (Å²) in [6.45, 7) is 6.16. The van der Waals surface area contributed by atoms with Crippen molar-refractivity contribution in [1.29, 1.82) is 0 Å². The summed E-state index contributed by atoms with van der Waals surface area (Å²) >= 11 is 1.24. The lowest BCUT2D eigenvalue weighted by atomic mass is 10.0. The maximum absolute atomic E-state index is 5.79. The first-order chi connectivity index (χ1) is 9.33. The predicted molar refractivity (Wildman–Crippen MR) is 79.6 cm³/mol. The Balaban J connectivity index is 1.92. The molecule has 1 aromatic heterocycles. The van der Waals surface area contributed by atoms with Crippen molar-refractivity contribution in [3.8, 4) is 5.88 Å². The van der Waals surface area contributed by atoms with E-state index in [1.165, 1.54) is 36.6 Å². The summed E-state index contributed by atoms with van der Waals surface area (Å²) in [6.07, 6.45) is 8.15. The van der Waals surface area contributed by atoms with Crippen LogP contribution in [0.15, 0.2) is 6.08 Å². The van der Waals surface area contributed by atoms with Crippen LogP contribution in [0.2, 0.25) is 0 Å². The van der Waals surface area contributed by atoms with Gasteiger partial charge in [0.15, 0.2) is 0 Å². The van der Waals surface area contributed by atoms with Crippen LogP contribution in [-0.4, -0.2) is 27.9 Å². The molecule has 1 N–H and O–H groups in total. The lowest BCUT2D eigenvalue weighted by Gasteiger charge is -2.21. The molecule has 0 saturated heterocycles. The van der Waals surface area contributed by atoms with E-state index in [1.807, 2.05) is 0 Å². The van der Waals surface area contributed by atoms with Crippen LogP contribution in [0.5, 0.6) is 5.88 Å². The number of nitrogens with zero attached hydrogens (tertiary/aromatic N) is 2. The molecule has 19 heavy (non-hydrogen) atoms. The highest BCUT2D eigenvalue weighted by atomic mass is 32.1. The fourth-order valence-corrected chi connectivity index (χ4v) is 2.78. The standard InChI is InChI=1S/C14H23N3OS/c1-3-4-5-6-10-18-14-13(16-19-17-14)12-8-7-9-15-11(12)2/h8,11,15H,3-7,9-10H2,1-2H3. The Labute approximate surface area is 119 Å². The van der Waals surface area contributed by atoms with Gasteiger partial charge < -0.3 is 10.1 Å². The maximum atomic E-state index is 5.79. The van der Waals surface area contributed by atoms with E-state index in [4.69, 9.17) is 4.74 Å². The van der Waals surface area contributed by atoms with Crippen molar-refractivity contribution >= 4 is 17.3 Å². The van der Waals surface area contributed by atoms with Gasteiger partial charge in [-0.3, -0.25) is 0 Å². The van der Waals surface area contributed by atoms with E-state index in [-0.39, 0.29) is 0 Å². The number of ether oxygens (including phenoxy) is 1. The molecule has 0 saturated carbocycles. The monoisotopic (exact) mass is 281 g/mol. The number of aromatic nitrogens is 2. The quantitative estimate of drug-likeness (QED) is 0.779. The fraction of sp³-hybridized carbons (Fsp3) is 0.714. The van der Waals surface area contributed by atoms with Gasteiger partial charge in [-0.25, -0.2) is 0 Å². The molecule has 1 aliphatic rings. The number of hydrogen-bond acceptors (Lipinski definition) is 5. The van der Waals surface area contributed by atoms with E-state index < -0.39 is 0 Å². The molecule has 1 aliphatic heterocycles. The molecule has 4 nitrogen and oxygen atoms in total. The molecule has 1 unspecified atom stereocenters. The zero-order valence-corrected chi connectivity index (χ0v) is 12.6. The van der Waals surface area contributed by atoms with Crippen molar-refractivity contribution in [2.45, 2.75) is 52.0 Å². The van der Waals surface area contributed by atoms with Gasteiger partial charge in [-0.05, 0) is 31.9 Å². The van der Waals surface area contributed by atoms with Crippen LogP contribution in [0, 0.1) is 0 Å². The van der Waals surface area contributed by atoms with Gasteiger partial charge >= 0.3 is 0 Å². The molecule has 5 heteroatoms. The molecule has 0 radical (unpaired) electrons. The van der Waals surface area contributed by atoms with Crippen molar-refractivity contribution in [3.05, 3.63) is 11.8 Å². The number of rotatable bonds is 7. The van der Waals surface area contributed by atoms with Crippen molar-refractivity contribution in [2.24, 2.45) is 0 Å². The Hall–Kier alpha value is -0.940. The Kier molecular flexibility index (Phi) is 5.79. The van der Waals surface area contributed by atoms with Crippen LogP contribution in [0.25, 0.3) is 5.57 Å².